The van der Waals surface area contributed by atoms with Gasteiger partial charge < -0.3 is 5.73 Å². The number of aromatic nitrogens is 1. The number of hydrogen-bond donors (Lipinski definition) is 1. The van der Waals surface area contributed by atoms with Crippen LogP contribution in [0.4, 0.5) is 5.69 Å². The SMILES string of the molecule is C=C(N=Cc1ccccc1N)c1ccc(C)c(/C=C\c2ccccc2)n1. The van der Waals surface area contributed by atoms with Crippen molar-refractivity contribution in [1.29, 1.82) is 0 Å². The van der Waals surface area contributed by atoms with Gasteiger partial charge in [-0.25, -0.2) is 4.98 Å². The van der Waals surface area contributed by atoms with E-state index in [2.05, 4.69) is 29.8 Å². The number of rotatable bonds is 5. The molecule has 2 N–H and O–H groups in total. The van der Waals surface area contributed by atoms with Gasteiger partial charge in [0, 0.05) is 17.5 Å². The Bertz CT molecular complexity index is 970. The van der Waals surface area contributed by atoms with E-state index in [4.69, 9.17) is 10.7 Å². The molecule has 0 bridgehead atoms. The van der Waals surface area contributed by atoms with Crippen molar-refractivity contribution < 1.29 is 0 Å². The molecule has 3 rings (SSSR count). The maximum absolute atomic E-state index is 5.94. The summed E-state index contributed by atoms with van der Waals surface area (Å²) in [6.07, 6.45) is 5.79. The summed E-state index contributed by atoms with van der Waals surface area (Å²) in [6.45, 7) is 6.07. The fraction of sp³-hybridized carbons (Fsp3) is 0.0435. The standard InChI is InChI=1S/C23H21N3/c1-17-12-14-23(18(2)25-16-20-10-6-7-11-21(20)24)26-22(17)15-13-19-8-4-3-5-9-19/h3-16H,2,24H2,1H3/b15-13-,25-16?. The third-order valence-electron chi connectivity index (χ3n) is 4.02. The summed E-state index contributed by atoms with van der Waals surface area (Å²) >= 11 is 0. The number of nitrogens with zero attached hydrogens (tertiary/aromatic N) is 2. The molecule has 3 aromatic rings. The Morgan fingerprint density at radius 2 is 1.69 bits per heavy atom. The Morgan fingerprint density at radius 1 is 0.962 bits per heavy atom. The van der Waals surface area contributed by atoms with Gasteiger partial charge >= 0.3 is 0 Å². The van der Waals surface area contributed by atoms with Gasteiger partial charge in [0.15, 0.2) is 0 Å². The zero-order chi connectivity index (χ0) is 18.4. The van der Waals surface area contributed by atoms with Gasteiger partial charge in [-0.15, -0.1) is 0 Å². The van der Waals surface area contributed by atoms with E-state index in [0.717, 1.165) is 28.1 Å². The fourth-order valence-electron chi connectivity index (χ4n) is 2.46. The lowest BCUT2D eigenvalue weighted by molar-refractivity contribution is 1.19. The van der Waals surface area contributed by atoms with Gasteiger partial charge in [0.25, 0.3) is 0 Å². The van der Waals surface area contributed by atoms with Crippen LogP contribution in [-0.4, -0.2) is 11.2 Å². The van der Waals surface area contributed by atoms with Crippen molar-refractivity contribution in [3.05, 3.63) is 101 Å². The van der Waals surface area contributed by atoms with E-state index >= 15 is 0 Å². The van der Waals surface area contributed by atoms with E-state index in [1.165, 1.54) is 0 Å². The average molecular weight is 339 g/mol. The molecule has 0 aliphatic carbocycles. The van der Waals surface area contributed by atoms with Gasteiger partial charge in [-0.05, 0) is 36.3 Å². The molecule has 128 valence electrons. The number of hydrogen-bond acceptors (Lipinski definition) is 3. The van der Waals surface area contributed by atoms with Crippen LogP contribution in [-0.2, 0) is 0 Å². The lowest BCUT2D eigenvalue weighted by Crippen LogP contribution is -1.95. The predicted octanol–water partition coefficient (Wildman–Crippen LogP) is 5.23. The van der Waals surface area contributed by atoms with Crippen molar-refractivity contribution in [3.63, 3.8) is 0 Å². The molecule has 0 fully saturated rings. The zero-order valence-corrected chi connectivity index (χ0v) is 14.8. The maximum Gasteiger partial charge on any atom is 0.0887 e. The molecule has 0 spiro atoms. The molecule has 0 radical (unpaired) electrons. The van der Waals surface area contributed by atoms with Gasteiger partial charge in [-0.1, -0.05) is 67.3 Å². The van der Waals surface area contributed by atoms with Crippen LogP contribution in [0.2, 0.25) is 0 Å². The van der Waals surface area contributed by atoms with Crippen molar-refractivity contribution >= 4 is 29.8 Å². The van der Waals surface area contributed by atoms with Crippen LogP contribution in [0.3, 0.4) is 0 Å². The van der Waals surface area contributed by atoms with E-state index in [0.29, 0.717) is 11.4 Å². The molecule has 0 amide bonds. The number of benzene rings is 2. The molecule has 0 atom stereocenters. The predicted molar refractivity (Wildman–Crippen MR) is 112 cm³/mol. The molecule has 2 aromatic carbocycles. The highest BCUT2D eigenvalue weighted by atomic mass is 14.8. The summed E-state index contributed by atoms with van der Waals surface area (Å²) in [5.74, 6) is 0. The van der Waals surface area contributed by atoms with Crippen LogP contribution in [0.5, 0.6) is 0 Å². The average Bonchev–Trinajstić information content (AvgIpc) is 2.67. The number of nitrogens with two attached hydrogens (primary N) is 1. The molecule has 3 nitrogen and oxygen atoms in total. The molecule has 1 aromatic heterocycles. The van der Waals surface area contributed by atoms with Crippen molar-refractivity contribution in [1.82, 2.24) is 4.98 Å². The first-order valence-corrected chi connectivity index (χ1v) is 8.42. The van der Waals surface area contributed by atoms with Crippen LogP contribution < -0.4 is 5.73 Å². The van der Waals surface area contributed by atoms with Gasteiger partial charge in [-0.3, -0.25) is 4.99 Å². The van der Waals surface area contributed by atoms with E-state index < -0.39 is 0 Å². The van der Waals surface area contributed by atoms with Crippen molar-refractivity contribution in [2.45, 2.75) is 6.92 Å². The minimum Gasteiger partial charge on any atom is -0.398 e. The largest absolute Gasteiger partial charge is 0.398 e. The van der Waals surface area contributed by atoms with E-state index in [1.807, 2.05) is 67.6 Å². The van der Waals surface area contributed by atoms with Crippen LogP contribution in [0, 0.1) is 6.92 Å². The number of para-hydroxylation sites is 1. The second kappa shape index (κ2) is 8.08. The molecule has 26 heavy (non-hydrogen) atoms. The molecule has 1 heterocycles. The van der Waals surface area contributed by atoms with E-state index in [9.17, 15) is 0 Å². The minimum absolute atomic E-state index is 0.600. The number of anilines is 1. The van der Waals surface area contributed by atoms with Gasteiger partial charge in [0.2, 0.25) is 0 Å². The molecule has 0 aliphatic rings. The monoisotopic (exact) mass is 339 g/mol. The second-order valence-electron chi connectivity index (χ2n) is 5.98. The number of pyridine rings is 1. The highest BCUT2D eigenvalue weighted by Crippen LogP contribution is 2.17. The molecule has 0 unspecified atom stereocenters. The first-order chi connectivity index (χ1) is 12.6. The van der Waals surface area contributed by atoms with Crippen LogP contribution in [0.25, 0.3) is 17.8 Å². The number of aryl methyl sites for hydroxylation is 1. The molecular weight excluding hydrogens is 318 g/mol. The Kier molecular flexibility index (Phi) is 5.40. The van der Waals surface area contributed by atoms with Crippen LogP contribution >= 0.6 is 0 Å². The van der Waals surface area contributed by atoms with Crippen LogP contribution in [0.1, 0.15) is 28.1 Å². The lowest BCUT2D eigenvalue weighted by Gasteiger charge is -2.05. The van der Waals surface area contributed by atoms with Gasteiger partial charge in [-0.2, -0.15) is 0 Å². The summed E-state index contributed by atoms with van der Waals surface area (Å²) in [5, 5.41) is 0. The minimum atomic E-state index is 0.600. The van der Waals surface area contributed by atoms with Crippen molar-refractivity contribution in [3.8, 4) is 0 Å². The molecular formula is C23H21N3. The quantitative estimate of drug-likeness (QED) is 0.511. The number of nitrogen functional groups attached to an aromatic ring is 1. The summed E-state index contributed by atoms with van der Waals surface area (Å²) < 4.78 is 0. The van der Waals surface area contributed by atoms with Crippen molar-refractivity contribution in [2.75, 3.05) is 5.73 Å². The van der Waals surface area contributed by atoms with Crippen LogP contribution in [0.15, 0.2) is 78.3 Å². The number of aliphatic imine (C=N–C) groups is 1. The Hall–Kier alpha value is -3.46. The molecule has 0 saturated heterocycles. The fourth-order valence-corrected chi connectivity index (χ4v) is 2.46. The Labute approximate surface area is 154 Å². The Balaban J connectivity index is 1.81. The van der Waals surface area contributed by atoms with Gasteiger partial charge in [0.1, 0.15) is 0 Å². The molecule has 3 heteroatoms. The smallest absolute Gasteiger partial charge is 0.0887 e. The second-order valence-corrected chi connectivity index (χ2v) is 5.98. The third-order valence-corrected chi connectivity index (χ3v) is 4.02. The summed E-state index contributed by atoms with van der Waals surface area (Å²) in [4.78, 5) is 9.12. The lowest BCUT2D eigenvalue weighted by atomic mass is 10.1. The van der Waals surface area contributed by atoms with E-state index in [1.54, 1.807) is 6.21 Å². The first-order valence-electron chi connectivity index (χ1n) is 8.42. The van der Waals surface area contributed by atoms with Gasteiger partial charge in [0.05, 0.1) is 17.1 Å². The molecule has 0 saturated carbocycles. The summed E-state index contributed by atoms with van der Waals surface area (Å²) in [6, 6.07) is 21.7. The zero-order valence-electron chi connectivity index (χ0n) is 14.8. The maximum atomic E-state index is 5.94. The summed E-state index contributed by atoms with van der Waals surface area (Å²) in [7, 11) is 0. The Morgan fingerprint density at radius 3 is 2.46 bits per heavy atom. The topological polar surface area (TPSA) is 51.3 Å². The normalized spacial score (nSPS) is 11.3. The molecule has 0 aliphatic heterocycles. The third kappa shape index (κ3) is 4.33. The summed E-state index contributed by atoms with van der Waals surface area (Å²) in [5.41, 5.74) is 12.0. The first kappa shape index (κ1) is 17.4. The van der Waals surface area contributed by atoms with Crippen molar-refractivity contribution in [2.24, 2.45) is 4.99 Å². The van der Waals surface area contributed by atoms with E-state index in [-0.39, 0.29) is 0 Å². The highest BCUT2D eigenvalue weighted by molar-refractivity contribution is 5.90. The highest BCUT2D eigenvalue weighted by Gasteiger charge is 2.03.